The van der Waals surface area contributed by atoms with Gasteiger partial charge in [0.25, 0.3) is 0 Å². The summed E-state index contributed by atoms with van der Waals surface area (Å²) in [5.74, 6) is -0.915. The van der Waals surface area contributed by atoms with E-state index in [9.17, 15) is 9.59 Å². The summed E-state index contributed by atoms with van der Waals surface area (Å²) in [4.78, 5) is 21.5. The summed E-state index contributed by atoms with van der Waals surface area (Å²) >= 11 is 0. The van der Waals surface area contributed by atoms with Crippen molar-refractivity contribution >= 4 is 11.8 Å². The molecule has 0 aliphatic rings. The van der Waals surface area contributed by atoms with E-state index in [-0.39, 0.29) is 18.6 Å². The van der Waals surface area contributed by atoms with Gasteiger partial charge in [-0.1, -0.05) is 19.8 Å². The minimum Gasteiger partial charge on any atom is -0.480 e. The number of rotatable bonds is 8. The zero-order valence-corrected chi connectivity index (χ0v) is 8.66. The Morgan fingerprint density at radius 1 is 1.29 bits per heavy atom. The molecule has 4 heteroatoms. The molecular weight excluding hydrogens is 182 g/mol. The molecule has 0 unspecified atom stereocenters. The fraction of sp³-hybridized carbons (Fsp3) is 0.800. The fourth-order valence-corrected chi connectivity index (χ4v) is 1.14. The van der Waals surface area contributed by atoms with Crippen LogP contribution in [0.2, 0.25) is 0 Å². The third-order valence-corrected chi connectivity index (χ3v) is 2.11. The summed E-state index contributed by atoms with van der Waals surface area (Å²) in [5, 5.41) is 8.47. The van der Waals surface area contributed by atoms with Crippen molar-refractivity contribution < 1.29 is 14.7 Å². The number of hydrogen-bond acceptors (Lipinski definition) is 3. The van der Waals surface area contributed by atoms with Crippen LogP contribution in [0.1, 0.15) is 45.4 Å². The van der Waals surface area contributed by atoms with Gasteiger partial charge in [0, 0.05) is 12.8 Å². The van der Waals surface area contributed by atoms with Gasteiger partial charge in [0.15, 0.2) is 0 Å². The molecule has 0 aromatic rings. The van der Waals surface area contributed by atoms with E-state index in [4.69, 9.17) is 10.8 Å². The maximum Gasteiger partial charge on any atom is 0.320 e. The number of nitrogens with two attached hydrogens (primary N) is 1. The smallest absolute Gasteiger partial charge is 0.320 e. The first-order valence-corrected chi connectivity index (χ1v) is 5.08. The maximum atomic E-state index is 11.2. The zero-order chi connectivity index (χ0) is 11.0. The standard InChI is InChI=1S/C10H19NO3/c1-2-3-4-5-8(12)6-7-9(11)10(13)14/h9H,2-7,11H2,1H3,(H,13,14)/t9-/m0/s1. The van der Waals surface area contributed by atoms with Gasteiger partial charge < -0.3 is 10.8 Å². The van der Waals surface area contributed by atoms with Crippen LogP contribution in [-0.4, -0.2) is 22.9 Å². The number of hydrogen-bond donors (Lipinski definition) is 2. The van der Waals surface area contributed by atoms with Crippen molar-refractivity contribution in [1.82, 2.24) is 0 Å². The average molecular weight is 201 g/mol. The summed E-state index contributed by atoms with van der Waals surface area (Å²) < 4.78 is 0. The third-order valence-electron chi connectivity index (χ3n) is 2.11. The predicted octanol–water partition coefficient (Wildman–Crippen LogP) is 1.33. The number of carboxylic acids is 1. The highest BCUT2D eigenvalue weighted by atomic mass is 16.4. The van der Waals surface area contributed by atoms with Crippen molar-refractivity contribution in [3.05, 3.63) is 0 Å². The summed E-state index contributed by atoms with van der Waals surface area (Å²) in [6, 6.07) is -0.898. The molecule has 14 heavy (non-hydrogen) atoms. The third kappa shape index (κ3) is 6.60. The molecule has 0 aliphatic carbocycles. The summed E-state index contributed by atoms with van der Waals surface area (Å²) in [6.45, 7) is 2.07. The van der Waals surface area contributed by atoms with E-state index < -0.39 is 12.0 Å². The average Bonchev–Trinajstić information content (AvgIpc) is 2.14. The highest BCUT2D eigenvalue weighted by molar-refractivity contribution is 5.80. The Morgan fingerprint density at radius 3 is 2.43 bits per heavy atom. The van der Waals surface area contributed by atoms with Crippen LogP contribution in [0.15, 0.2) is 0 Å². The number of unbranched alkanes of at least 4 members (excludes halogenated alkanes) is 2. The second-order valence-electron chi connectivity index (χ2n) is 3.48. The van der Waals surface area contributed by atoms with E-state index in [0.717, 1.165) is 19.3 Å². The molecule has 0 spiro atoms. The minimum atomic E-state index is -1.04. The topological polar surface area (TPSA) is 80.4 Å². The van der Waals surface area contributed by atoms with Crippen LogP contribution in [-0.2, 0) is 9.59 Å². The van der Waals surface area contributed by atoms with Gasteiger partial charge in [0.2, 0.25) is 0 Å². The molecule has 82 valence electrons. The second kappa shape index (κ2) is 7.50. The molecular formula is C10H19NO3. The van der Waals surface area contributed by atoms with Crippen molar-refractivity contribution in [1.29, 1.82) is 0 Å². The van der Waals surface area contributed by atoms with Crippen LogP contribution in [0.5, 0.6) is 0 Å². The molecule has 0 rings (SSSR count). The summed E-state index contributed by atoms with van der Waals surface area (Å²) in [7, 11) is 0. The van der Waals surface area contributed by atoms with E-state index in [1.54, 1.807) is 0 Å². The Kier molecular flexibility index (Phi) is 7.02. The van der Waals surface area contributed by atoms with Gasteiger partial charge in [-0.05, 0) is 12.8 Å². The molecule has 0 saturated heterocycles. The first-order valence-electron chi connectivity index (χ1n) is 5.08. The Labute approximate surface area is 84.5 Å². The van der Waals surface area contributed by atoms with Crippen molar-refractivity contribution in [3.63, 3.8) is 0 Å². The molecule has 0 amide bonds. The molecule has 1 atom stereocenters. The maximum absolute atomic E-state index is 11.2. The normalized spacial score (nSPS) is 12.4. The lowest BCUT2D eigenvalue weighted by Gasteiger charge is -2.04. The number of carboxylic acid groups (broad SMARTS) is 1. The molecule has 0 radical (unpaired) electrons. The van der Waals surface area contributed by atoms with Gasteiger partial charge in [0.05, 0.1) is 0 Å². The second-order valence-corrected chi connectivity index (χ2v) is 3.48. The van der Waals surface area contributed by atoms with Gasteiger partial charge in [-0.15, -0.1) is 0 Å². The number of ketones is 1. The highest BCUT2D eigenvalue weighted by Gasteiger charge is 2.12. The van der Waals surface area contributed by atoms with Crippen molar-refractivity contribution in [2.75, 3.05) is 0 Å². The van der Waals surface area contributed by atoms with Crippen LogP contribution in [0, 0.1) is 0 Å². The number of carbonyl (C=O) groups is 2. The van der Waals surface area contributed by atoms with Crippen LogP contribution in [0.25, 0.3) is 0 Å². The Hall–Kier alpha value is -0.900. The molecule has 0 heterocycles. The number of carbonyl (C=O) groups excluding carboxylic acids is 1. The van der Waals surface area contributed by atoms with Gasteiger partial charge >= 0.3 is 5.97 Å². The van der Waals surface area contributed by atoms with E-state index in [2.05, 4.69) is 6.92 Å². The Bertz CT molecular complexity index is 192. The minimum absolute atomic E-state index is 0.121. The fourth-order valence-electron chi connectivity index (χ4n) is 1.14. The lowest BCUT2D eigenvalue weighted by Crippen LogP contribution is -2.30. The Balaban J connectivity index is 3.48. The van der Waals surface area contributed by atoms with E-state index in [1.807, 2.05) is 0 Å². The zero-order valence-electron chi connectivity index (χ0n) is 8.66. The Morgan fingerprint density at radius 2 is 1.93 bits per heavy atom. The first kappa shape index (κ1) is 13.1. The quantitative estimate of drug-likeness (QED) is 0.580. The summed E-state index contributed by atoms with van der Waals surface area (Å²) in [5.41, 5.74) is 5.27. The van der Waals surface area contributed by atoms with Crippen molar-refractivity contribution in [3.8, 4) is 0 Å². The molecule has 0 fully saturated rings. The van der Waals surface area contributed by atoms with E-state index >= 15 is 0 Å². The van der Waals surface area contributed by atoms with Crippen LogP contribution >= 0.6 is 0 Å². The van der Waals surface area contributed by atoms with Gasteiger partial charge in [-0.3, -0.25) is 9.59 Å². The molecule has 0 saturated carbocycles. The largest absolute Gasteiger partial charge is 0.480 e. The lowest BCUT2D eigenvalue weighted by molar-refractivity contribution is -0.138. The molecule has 4 nitrogen and oxygen atoms in total. The van der Waals surface area contributed by atoms with Crippen molar-refractivity contribution in [2.24, 2.45) is 5.73 Å². The van der Waals surface area contributed by atoms with E-state index in [1.165, 1.54) is 0 Å². The number of aliphatic carboxylic acids is 1. The first-order chi connectivity index (χ1) is 6.57. The highest BCUT2D eigenvalue weighted by Crippen LogP contribution is 2.04. The molecule has 0 aliphatic heterocycles. The molecule has 0 aromatic heterocycles. The predicted molar refractivity (Wildman–Crippen MR) is 54.0 cm³/mol. The van der Waals surface area contributed by atoms with Crippen molar-refractivity contribution in [2.45, 2.75) is 51.5 Å². The molecule has 0 aromatic carbocycles. The number of Topliss-reactive ketones (excluding diaryl/α,β-unsaturated/α-hetero) is 1. The van der Waals surface area contributed by atoms with Crippen LogP contribution in [0.3, 0.4) is 0 Å². The van der Waals surface area contributed by atoms with Gasteiger partial charge in [-0.25, -0.2) is 0 Å². The summed E-state index contributed by atoms with van der Waals surface area (Å²) in [6.07, 6.45) is 4.13. The molecule has 0 bridgehead atoms. The van der Waals surface area contributed by atoms with Gasteiger partial charge in [0.1, 0.15) is 11.8 Å². The lowest BCUT2D eigenvalue weighted by atomic mass is 10.1. The monoisotopic (exact) mass is 201 g/mol. The van der Waals surface area contributed by atoms with Crippen LogP contribution in [0.4, 0.5) is 0 Å². The molecule has 3 N–H and O–H groups in total. The van der Waals surface area contributed by atoms with Gasteiger partial charge in [-0.2, -0.15) is 0 Å². The van der Waals surface area contributed by atoms with E-state index in [0.29, 0.717) is 6.42 Å². The van der Waals surface area contributed by atoms with Crippen LogP contribution < -0.4 is 5.73 Å². The SMILES string of the molecule is CCCCCC(=O)CC[C@H](N)C(=O)O.